The van der Waals surface area contributed by atoms with E-state index in [9.17, 15) is 14.7 Å². The van der Waals surface area contributed by atoms with E-state index in [0.29, 0.717) is 10.0 Å². The predicted octanol–water partition coefficient (Wildman–Crippen LogP) is 1.11. The number of nitrogens with zero attached hydrogens (tertiary/aromatic N) is 1. The van der Waals surface area contributed by atoms with E-state index >= 15 is 0 Å². The van der Waals surface area contributed by atoms with Crippen molar-refractivity contribution in [2.24, 2.45) is 5.10 Å². The molecule has 1 rings (SSSR count). The maximum absolute atomic E-state index is 11.1. The largest absolute Gasteiger partial charge is 0.506 e. The Labute approximate surface area is 120 Å². The third-order valence-electron chi connectivity index (χ3n) is 1.86. The van der Waals surface area contributed by atoms with Gasteiger partial charge in [-0.05, 0) is 28.1 Å². The maximum Gasteiger partial charge on any atom is 0.329 e. The summed E-state index contributed by atoms with van der Waals surface area (Å²) in [6.45, 7) is 0. The summed E-state index contributed by atoms with van der Waals surface area (Å²) < 4.78 is 1.21. The van der Waals surface area contributed by atoms with Crippen LogP contribution < -0.4 is 10.7 Å². The minimum Gasteiger partial charge on any atom is -0.506 e. The Hall–Kier alpha value is -1.41. The van der Waals surface area contributed by atoms with Gasteiger partial charge in [-0.25, -0.2) is 5.43 Å². The molecule has 0 aliphatic rings. The molecule has 0 aliphatic heterocycles. The quantitative estimate of drug-likeness (QED) is 0.409. The number of aromatic hydroxyl groups is 1. The lowest BCUT2D eigenvalue weighted by Gasteiger charge is -2.02. The number of halogens is 2. The third-order valence-corrected chi connectivity index (χ3v) is 2.92. The highest BCUT2D eigenvalue weighted by atomic mass is 79.9. The summed E-state index contributed by atoms with van der Waals surface area (Å²) >= 11 is 6.41. The highest BCUT2D eigenvalue weighted by molar-refractivity contribution is 9.11. The van der Waals surface area contributed by atoms with Gasteiger partial charge in [0.15, 0.2) is 0 Å². The molecule has 1 aromatic rings. The Morgan fingerprint density at radius 2 is 2.00 bits per heavy atom. The highest BCUT2D eigenvalue weighted by Crippen LogP contribution is 2.30. The Balaban J connectivity index is 2.79. The lowest BCUT2D eigenvalue weighted by molar-refractivity contribution is -0.138. The summed E-state index contributed by atoms with van der Waals surface area (Å²) in [6, 6.07) is 3.27. The summed E-state index contributed by atoms with van der Waals surface area (Å²) in [6.07, 6.45) is 1.23. The fraction of sp³-hybridized carbons (Fsp3) is 0.100. The summed E-state index contributed by atoms with van der Waals surface area (Å²) in [5, 5.41) is 15.4. The van der Waals surface area contributed by atoms with Gasteiger partial charge >= 0.3 is 11.8 Å². The lowest BCUT2D eigenvalue weighted by Crippen LogP contribution is -2.35. The van der Waals surface area contributed by atoms with Gasteiger partial charge in [-0.15, -0.1) is 0 Å². The zero-order valence-electron chi connectivity index (χ0n) is 9.20. The molecule has 0 atom stereocenters. The highest BCUT2D eigenvalue weighted by Gasteiger charge is 2.09. The number of carbonyl (C=O) groups is 2. The molecule has 3 N–H and O–H groups in total. The van der Waals surface area contributed by atoms with E-state index in [1.165, 1.54) is 13.3 Å². The molecule has 18 heavy (non-hydrogen) atoms. The van der Waals surface area contributed by atoms with Gasteiger partial charge in [-0.3, -0.25) is 9.59 Å². The van der Waals surface area contributed by atoms with Crippen molar-refractivity contribution in [3.8, 4) is 5.75 Å². The minimum atomic E-state index is -0.887. The molecular formula is C10H9Br2N3O3. The van der Waals surface area contributed by atoms with Gasteiger partial charge in [0.05, 0.1) is 10.7 Å². The Kier molecular flexibility index (Phi) is 5.29. The number of hydrogen-bond acceptors (Lipinski definition) is 4. The molecule has 96 valence electrons. The minimum absolute atomic E-state index is 0.0175. The van der Waals surface area contributed by atoms with Gasteiger partial charge in [-0.1, -0.05) is 15.9 Å². The lowest BCUT2D eigenvalue weighted by atomic mass is 10.2. The molecule has 0 fully saturated rings. The molecule has 0 unspecified atom stereocenters. The smallest absolute Gasteiger partial charge is 0.329 e. The molecule has 6 nitrogen and oxygen atoms in total. The van der Waals surface area contributed by atoms with Crippen LogP contribution in [0.5, 0.6) is 5.75 Å². The predicted molar refractivity (Wildman–Crippen MR) is 73.3 cm³/mol. The molecule has 0 saturated carbocycles. The second-order valence-corrected chi connectivity index (χ2v) is 4.87. The van der Waals surface area contributed by atoms with E-state index in [4.69, 9.17) is 0 Å². The van der Waals surface area contributed by atoms with E-state index in [1.807, 2.05) is 5.43 Å². The van der Waals surface area contributed by atoms with E-state index < -0.39 is 11.8 Å². The number of likely N-dealkylation sites (N-methyl/N-ethyl adjacent to an activating group) is 1. The number of amides is 2. The van der Waals surface area contributed by atoms with E-state index in [-0.39, 0.29) is 5.75 Å². The Morgan fingerprint density at radius 3 is 2.61 bits per heavy atom. The number of benzene rings is 1. The summed E-state index contributed by atoms with van der Waals surface area (Å²) in [7, 11) is 1.34. The van der Waals surface area contributed by atoms with E-state index in [0.717, 1.165) is 4.47 Å². The van der Waals surface area contributed by atoms with Crippen LogP contribution in [-0.2, 0) is 9.59 Å². The second-order valence-electron chi connectivity index (χ2n) is 3.10. The van der Waals surface area contributed by atoms with Crippen LogP contribution in [-0.4, -0.2) is 30.2 Å². The van der Waals surface area contributed by atoms with Crippen LogP contribution in [0.3, 0.4) is 0 Å². The van der Waals surface area contributed by atoms with E-state index in [2.05, 4.69) is 42.3 Å². The SMILES string of the molecule is CNC(=O)C(=O)N/N=C/c1cc(Br)cc(Br)c1O. The molecule has 1 aromatic carbocycles. The molecule has 0 heterocycles. The number of rotatable bonds is 2. The second kappa shape index (κ2) is 6.50. The molecular weight excluding hydrogens is 370 g/mol. The first kappa shape index (κ1) is 14.7. The van der Waals surface area contributed by atoms with Crippen LogP contribution in [0.25, 0.3) is 0 Å². The molecule has 0 aromatic heterocycles. The normalized spacial score (nSPS) is 10.4. The molecule has 0 aliphatic carbocycles. The number of hydrazone groups is 1. The standard InChI is InChI=1S/C10H9Br2N3O3/c1-13-9(17)10(18)15-14-4-5-2-6(11)3-7(12)8(5)16/h2-4,16H,1H3,(H,13,17)(H,15,18)/b14-4+. The first-order valence-electron chi connectivity index (χ1n) is 4.69. The van der Waals surface area contributed by atoms with Gasteiger partial charge in [0.1, 0.15) is 5.75 Å². The van der Waals surface area contributed by atoms with Crippen molar-refractivity contribution < 1.29 is 14.7 Å². The van der Waals surface area contributed by atoms with Crippen LogP contribution in [0.2, 0.25) is 0 Å². The number of phenolic OH excluding ortho intramolecular Hbond substituents is 1. The number of carbonyl (C=O) groups excluding carboxylic acids is 2. The van der Waals surface area contributed by atoms with Gasteiger partial charge in [-0.2, -0.15) is 5.10 Å². The molecule has 0 spiro atoms. The zero-order valence-corrected chi connectivity index (χ0v) is 12.4. The van der Waals surface area contributed by atoms with Crippen molar-refractivity contribution >= 4 is 49.9 Å². The van der Waals surface area contributed by atoms with Crippen molar-refractivity contribution in [2.75, 3.05) is 7.05 Å². The van der Waals surface area contributed by atoms with Gasteiger partial charge in [0.25, 0.3) is 0 Å². The van der Waals surface area contributed by atoms with Crippen molar-refractivity contribution in [3.63, 3.8) is 0 Å². The summed E-state index contributed by atoms with van der Waals surface area (Å²) in [4.78, 5) is 21.9. The number of phenols is 1. The van der Waals surface area contributed by atoms with Crippen molar-refractivity contribution in [3.05, 3.63) is 26.6 Å². The number of hydrogen-bond donors (Lipinski definition) is 3. The van der Waals surface area contributed by atoms with Crippen molar-refractivity contribution in [1.82, 2.24) is 10.7 Å². The Bertz CT molecular complexity index is 517. The van der Waals surface area contributed by atoms with Crippen molar-refractivity contribution in [1.29, 1.82) is 0 Å². The van der Waals surface area contributed by atoms with Crippen LogP contribution in [0.15, 0.2) is 26.2 Å². The third kappa shape index (κ3) is 3.81. The van der Waals surface area contributed by atoms with Crippen molar-refractivity contribution in [2.45, 2.75) is 0 Å². The molecule has 8 heteroatoms. The van der Waals surface area contributed by atoms with E-state index in [1.54, 1.807) is 12.1 Å². The van der Waals surface area contributed by atoms with Crippen LogP contribution >= 0.6 is 31.9 Å². The summed E-state index contributed by atoms with van der Waals surface area (Å²) in [5.74, 6) is -1.70. The van der Waals surface area contributed by atoms with Gasteiger partial charge in [0.2, 0.25) is 0 Å². The fourth-order valence-electron chi connectivity index (χ4n) is 1.01. The molecule has 2 amide bonds. The topological polar surface area (TPSA) is 90.8 Å². The van der Waals surface area contributed by atoms with Gasteiger partial charge < -0.3 is 10.4 Å². The first-order valence-corrected chi connectivity index (χ1v) is 6.27. The van der Waals surface area contributed by atoms with Gasteiger partial charge in [0, 0.05) is 17.1 Å². The molecule has 0 saturated heterocycles. The average molecular weight is 379 g/mol. The van der Waals surface area contributed by atoms with Crippen LogP contribution in [0.4, 0.5) is 0 Å². The fourth-order valence-corrected chi connectivity index (χ4v) is 2.27. The monoisotopic (exact) mass is 377 g/mol. The maximum atomic E-state index is 11.1. The Morgan fingerprint density at radius 1 is 1.33 bits per heavy atom. The summed E-state index contributed by atoms with van der Waals surface area (Å²) in [5.41, 5.74) is 2.41. The van der Waals surface area contributed by atoms with Crippen LogP contribution in [0.1, 0.15) is 5.56 Å². The first-order chi connectivity index (χ1) is 8.45. The molecule has 0 bridgehead atoms. The van der Waals surface area contributed by atoms with Crippen LogP contribution in [0, 0.1) is 0 Å². The molecule has 0 radical (unpaired) electrons. The average Bonchev–Trinajstić information content (AvgIpc) is 2.33. The zero-order chi connectivity index (χ0) is 13.7. The number of nitrogens with one attached hydrogen (secondary N) is 2.